The number of carbonyl (C=O) groups excluding carboxylic acids is 3. The van der Waals surface area contributed by atoms with E-state index in [4.69, 9.17) is 10.5 Å². The predicted molar refractivity (Wildman–Crippen MR) is 162 cm³/mol. The Labute approximate surface area is 249 Å². The van der Waals surface area contributed by atoms with Gasteiger partial charge in [0, 0.05) is 12.8 Å². The van der Waals surface area contributed by atoms with E-state index >= 15 is 0 Å². The Balaban J connectivity index is 2.22. The molecule has 6 atom stereocenters. The van der Waals surface area contributed by atoms with E-state index in [1.807, 2.05) is 57.2 Å². The first-order chi connectivity index (χ1) is 20.0. The molecule has 0 heterocycles. The van der Waals surface area contributed by atoms with Gasteiger partial charge in [-0.3, -0.25) is 14.4 Å². The van der Waals surface area contributed by atoms with Gasteiger partial charge in [-0.05, 0) is 29.4 Å². The van der Waals surface area contributed by atoms with E-state index in [0.717, 1.165) is 30.4 Å². The highest BCUT2D eigenvalue weighted by Gasteiger charge is 2.31. The third kappa shape index (κ3) is 11.6. The molecule has 2 rings (SSSR count). The number of amides is 2. The summed E-state index contributed by atoms with van der Waals surface area (Å²) >= 11 is 0. The van der Waals surface area contributed by atoms with Crippen molar-refractivity contribution in [3.05, 3.63) is 71.8 Å². The summed E-state index contributed by atoms with van der Waals surface area (Å²) in [7, 11) is 0. The zero-order valence-corrected chi connectivity index (χ0v) is 25.3. The summed E-state index contributed by atoms with van der Waals surface area (Å²) in [5, 5.41) is 15.2. The topological polar surface area (TPSA) is 148 Å². The first-order valence-corrected chi connectivity index (χ1v) is 14.9. The standard InChI is InChI=1S/C33H47N3O6/c1-5-7-14-23(4)28(42-33(41)30(34)22(3)6-2)21-29(37)35-26(19-24-15-10-8-11-16-24)31(38)36-27(32(39)40)20-25-17-12-9-13-18-25/h8-13,15-18,22-23,26-28,30H,5-7,14,19-21,34H2,1-4H3,(H,35,37)(H,36,38)(H,39,40)/t22-,23+,26-,27-,28-,30+/m0/s1. The van der Waals surface area contributed by atoms with Crippen molar-refractivity contribution in [1.29, 1.82) is 0 Å². The molecule has 0 fully saturated rings. The maximum Gasteiger partial charge on any atom is 0.326 e. The van der Waals surface area contributed by atoms with Crippen molar-refractivity contribution in [2.75, 3.05) is 0 Å². The number of esters is 1. The Kier molecular flexibility index (Phi) is 14.7. The van der Waals surface area contributed by atoms with Crippen molar-refractivity contribution in [1.82, 2.24) is 10.6 Å². The zero-order chi connectivity index (χ0) is 31.1. The van der Waals surface area contributed by atoms with Crippen LogP contribution in [0.5, 0.6) is 0 Å². The second-order valence-electron chi connectivity index (χ2n) is 11.1. The number of carboxylic acids is 1. The predicted octanol–water partition coefficient (Wildman–Crippen LogP) is 4.03. The van der Waals surface area contributed by atoms with Gasteiger partial charge >= 0.3 is 11.9 Å². The lowest BCUT2D eigenvalue weighted by Crippen LogP contribution is -2.53. The number of hydrogen-bond donors (Lipinski definition) is 4. The van der Waals surface area contributed by atoms with Crippen LogP contribution in [0.4, 0.5) is 0 Å². The molecule has 5 N–H and O–H groups in total. The van der Waals surface area contributed by atoms with Crippen LogP contribution in [0.1, 0.15) is 70.9 Å². The van der Waals surface area contributed by atoms with Crippen molar-refractivity contribution >= 4 is 23.8 Å². The van der Waals surface area contributed by atoms with Crippen LogP contribution in [0.3, 0.4) is 0 Å². The molecule has 2 amide bonds. The monoisotopic (exact) mass is 581 g/mol. The lowest BCUT2D eigenvalue weighted by Gasteiger charge is -2.28. The molecule has 0 aromatic heterocycles. The third-order valence-electron chi connectivity index (χ3n) is 7.66. The minimum absolute atomic E-state index is 0.0741. The second-order valence-corrected chi connectivity index (χ2v) is 11.1. The van der Waals surface area contributed by atoms with Gasteiger partial charge in [-0.15, -0.1) is 0 Å². The number of carboxylic acid groups (broad SMARTS) is 1. The molecule has 2 aromatic rings. The normalized spacial score (nSPS) is 15.4. The van der Waals surface area contributed by atoms with Gasteiger partial charge in [-0.2, -0.15) is 0 Å². The molecule has 9 heteroatoms. The fourth-order valence-corrected chi connectivity index (χ4v) is 4.60. The number of nitrogens with one attached hydrogen (secondary N) is 2. The van der Waals surface area contributed by atoms with Crippen LogP contribution in [0.2, 0.25) is 0 Å². The summed E-state index contributed by atoms with van der Waals surface area (Å²) < 4.78 is 5.78. The Morgan fingerprint density at radius 2 is 1.38 bits per heavy atom. The van der Waals surface area contributed by atoms with E-state index in [1.54, 1.807) is 24.3 Å². The molecule has 0 aliphatic heterocycles. The lowest BCUT2D eigenvalue weighted by molar-refractivity contribution is -0.156. The third-order valence-corrected chi connectivity index (χ3v) is 7.66. The zero-order valence-electron chi connectivity index (χ0n) is 25.3. The second kappa shape index (κ2) is 18.0. The first-order valence-electron chi connectivity index (χ1n) is 14.9. The Hall–Kier alpha value is -3.72. The van der Waals surface area contributed by atoms with Crippen LogP contribution in [0.25, 0.3) is 0 Å². The number of benzene rings is 2. The van der Waals surface area contributed by atoms with Crippen LogP contribution in [0.15, 0.2) is 60.7 Å². The molecule has 0 unspecified atom stereocenters. The van der Waals surface area contributed by atoms with Crippen molar-refractivity contribution < 1.29 is 29.0 Å². The van der Waals surface area contributed by atoms with Gasteiger partial charge in [0.2, 0.25) is 11.8 Å². The molecule has 0 aliphatic carbocycles. The van der Waals surface area contributed by atoms with E-state index in [1.165, 1.54) is 0 Å². The molecule has 0 saturated heterocycles. The smallest absolute Gasteiger partial charge is 0.326 e. The molecule has 9 nitrogen and oxygen atoms in total. The van der Waals surface area contributed by atoms with Crippen LogP contribution in [0, 0.1) is 11.8 Å². The summed E-state index contributed by atoms with van der Waals surface area (Å²) in [5.74, 6) is -2.98. The van der Waals surface area contributed by atoms with Gasteiger partial charge in [-0.25, -0.2) is 4.79 Å². The summed E-state index contributed by atoms with van der Waals surface area (Å²) in [6, 6.07) is 15.2. The van der Waals surface area contributed by atoms with Crippen molar-refractivity contribution in [2.24, 2.45) is 17.6 Å². The average Bonchev–Trinajstić information content (AvgIpc) is 2.98. The number of carbonyl (C=O) groups is 4. The maximum absolute atomic E-state index is 13.4. The maximum atomic E-state index is 13.4. The SMILES string of the molecule is CCCC[C@@H](C)[C@H](CC(=O)N[C@@H](Cc1ccccc1)C(=O)N[C@@H](Cc1ccccc1)C(=O)O)OC(=O)[C@H](N)[C@@H](C)CC. The molecule has 0 spiro atoms. The Morgan fingerprint density at radius 3 is 1.88 bits per heavy atom. The number of hydrogen-bond acceptors (Lipinski definition) is 6. The average molecular weight is 582 g/mol. The molecule has 0 bridgehead atoms. The van der Waals surface area contributed by atoms with E-state index < -0.39 is 48.0 Å². The summed E-state index contributed by atoms with van der Waals surface area (Å²) in [4.78, 5) is 51.6. The van der Waals surface area contributed by atoms with Crippen molar-refractivity contribution in [3.8, 4) is 0 Å². The fraction of sp³-hybridized carbons (Fsp3) is 0.515. The summed E-state index contributed by atoms with van der Waals surface area (Å²) in [6.07, 6.45) is 2.72. The highest BCUT2D eigenvalue weighted by Crippen LogP contribution is 2.20. The van der Waals surface area contributed by atoms with Gasteiger partial charge < -0.3 is 26.2 Å². The van der Waals surface area contributed by atoms with Gasteiger partial charge in [0.05, 0.1) is 6.42 Å². The molecule has 230 valence electrons. The number of rotatable bonds is 18. The number of ether oxygens (including phenoxy) is 1. The van der Waals surface area contributed by atoms with Crippen LogP contribution in [-0.4, -0.2) is 53.1 Å². The Morgan fingerprint density at radius 1 is 0.833 bits per heavy atom. The van der Waals surface area contributed by atoms with E-state index in [9.17, 15) is 24.3 Å². The molecular formula is C33H47N3O6. The Bertz CT molecular complexity index is 1130. The fourth-order valence-electron chi connectivity index (χ4n) is 4.60. The van der Waals surface area contributed by atoms with Gasteiger partial charge in [-0.1, -0.05) is 108 Å². The largest absolute Gasteiger partial charge is 0.480 e. The van der Waals surface area contributed by atoms with Crippen LogP contribution in [-0.2, 0) is 36.8 Å². The van der Waals surface area contributed by atoms with E-state index in [2.05, 4.69) is 17.6 Å². The molecule has 42 heavy (non-hydrogen) atoms. The summed E-state index contributed by atoms with van der Waals surface area (Å²) in [5.41, 5.74) is 7.66. The molecular weight excluding hydrogens is 534 g/mol. The van der Waals surface area contributed by atoms with E-state index in [0.29, 0.717) is 6.42 Å². The summed E-state index contributed by atoms with van der Waals surface area (Å²) in [6.45, 7) is 7.82. The highest BCUT2D eigenvalue weighted by molar-refractivity contribution is 5.91. The number of aliphatic carboxylic acids is 1. The molecule has 0 saturated carbocycles. The minimum atomic E-state index is -1.18. The van der Waals surface area contributed by atoms with Crippen molar-refractivity contribution in [3.63, 3.8) is 0 Å². The number of unbranched alkanes of at least 4 members (excludes halogenated alkanes) is 1. The first kappa shape index (κ1) is 34.5. The van der Waals surface area contributed by atoms with Gasteiger partial charge in [0.1, 0.15) is 24.2 Å². The molecule has 0 radical (unpaired) electrons. The minimum Gasteiger partial charge on any atom is -0.480 e. The van der Waals surface area contributed by atoms with Crippen LogP contribution < -0.4 is 16.4 Å². The number of nitrogens with two attached hydrogens (primary N) is 1. The van der Waals surface area contributed by atoms with Gasteiger partial charge in [0.25, 0.3) is 0 Å². The van der Waals surface area contributed by atoms with Crippen molar-refractivity contribution in [2.45, 2.75) is 96.9 Å². The van der Waals surface area contributed by atoms with Gasteiger partial charge in [0.15, 0.2) is 0 Å². The van der Waals surface area contributed by atoms with Crippen LogP contribution >= 0.6 is 0 Å². The van der Waals surface area contributed by atoms with E-state index in [-0.39, 0.29) is 31.1 Å². The molecule has 0 aliphatic rings. The lowest BCUT2D eigenvalue weighted by atomic mass is 9.94. The quantitative estimate of drug-likeness (QED) is 0.194. The molecule has 2 aromatic carbocycles. The highest BCUT2D eigenvalue weighted by atomic mass is 16.5.